The van der Waals surface area contributed by atoms with Crippen molar-refractivity contribution in [3.05, 3.63) is 53.6 Å². The molecule has 7 nitrogen and oxygen atoms in total. The summed E-state index contributed by atoms with van der Waals surface area (Å²) in [5.41, 5.74) is 2.26. The fourth-order valence-electron chi connectivity index (χ4n) is 3.73. The largest absolute Gasteiger partial charge is 0.486 e. The number of fused-ring (bicyclic) bond motifs is 1. The Kier molecular flexibility index (Phi) is 5.70. The molecule has 2 aromatic carbocycles. The highest BCUT2D eigenvalue weighted by molar-refractivity contribution is 6.01. The Balaban J connectivity index is 1.36. The van der Waals surface area contributed by atoms with Crippen molar-refractivity contribution in [3.8, 4) is 11.5 Å². The maximum atomic E-state index is 12.5. The lowest BCUT2D eigenvalue weighted by Crippen LogP contribution is -2.28. The quantitative estimate of drug-likeness (QED) is 0.539. The van der Waals surface area contributed by atoms with Crippen molar-refractivity contribution in [3.63, 3.8) is 0 Å². The van der Waals surface area contributed by atoms with Gasteiger partial charge in [-0.05, 0) is 36.2 Å². The summed E-state index contributed by atoms with van der Waals surface area (Å²) >= 11 is 0. The average molecular weight is 409 g/mol. The van der Waals surface area contributed by atoms with Crippen molar-refractivity contribution in [2.45, 2.75) is 19.8 Å². The van der Waals surface area contributed by atoms with Crippen molar-refractivity contribution in [1.82, 2.24) is 0 Å². The van der Waals surface area contributed by atoms with Crippen LogP contribution in [0, 0.1) is 5.92 Å². The van der Waals surface area contributed by atoms with Gasteiger partial charge in [0.2, 0.25) is 5.91 Å². The van der Waals surface area contributed by atoms with Crippen molar-refractivity contribution in [1.29, 1.82) is 0 Å². The number of carbonyl (C=O) groups excluding carboxylic acids is 3. The second-order valence-corrected chi connectivity index (χ2v) is 7.28. The number of nitrogens with zero attached hydrogens (tertiary/aromatic N) is 1. The van der Waals surface area contributed by atoms with Crippen LogP contribution in [0.4, 0.5) is 5.69 Å². The highest BCUT2D eigenvalue weighted by atomic mass is 16.6. The fraction of sp³-hybridized carbons (Fsp3) is 0.348. The monoisotopic (exact) mass is 409 g/mol. The van der Waals surface area contributed by atoms with Crippen LogP contribution >= 0.6 is 0 Å². The first-order valence-corrected chi connectivity index (χ1v) is 10.0. The molecular formula is C23H23NO6. The van der Waals surface area contributed by atoms with Gasteiger partial charge in [0.25, 0.3) is 0 Å². The molecule has 4 rings (SSSR count). The first-order valence-electron chi connectivity index (χ1n) is 10.0. The minimum Gasteiger partial charge on any atom is -0.486 e. The Hall–Kier alpha value is -3.35. The van der Waals surface area contributed by atoms with Crippen LogP contribution in [0.5, 0.6) is 11.5 Å². The number of benzene rings is 2. The van der Waals surface area contributed by atoms with Crippen LogP contribution in [0.25, 0.3) is 0 Å². The summed E-state index contributed by atoms with van der Waals surface area (Å²) in [6.45, 7) is 2.79. The summed E-state index contributed by atoms with van der Waals surface area (Å²) < 4.78 is 16.2. The summed E-state index contributed by atoms with van der Waals surface area (Å²) in [6, 6.07) is 12.5. The Morgan fingerprint density at radius 1 is 1.10 bits per heavy atom. The SMILES string of the molecule is CCc1ccccc1N1C[C@@H](C(=O)OCC(=O)c2ccc3c(c2)OCCO3)CC1=O. The summed E-state index contributed by atoms with van der Waals surface area (Å²) in [6.07, 6.45) is 0.869. The van der Waals surface area contributed by atoms with E-state index in [9.17, 15) is 14.4 Å². The van der Waals surface area contributed by atoms with Crippen molar-refractivity contribution in [2.75, 3.05) is 31.3 Å². The molecular weight excluding hydrogens is 386 g/mol. The number of hydrogen-bond acceptors (Lipinski definition) is 6. The normalized spacial score (nSPS) is 17.7. The van der Waals surface area contributed by atoms with Crippen molar-refractivity contribution in [2.24, 2.45) is 5.92 Å². The third kappa shape index (κ3) is 4.01. The number of ether oxygens (including phenoxy) is 3. The minimum atomic E-state index is -0.588. The van der Waals surface area contributed by atoms with E-state index in [1.54, 1.807) is 23.1 Å². The number of Topliss-reactive ketones (excluding diaryl/α,β-unsaturated/α-hetero) is 1. The van der Waals surface area contributed by atoms with Crippen molar-refractivity contribution >= 4 is 23.3 Å². The molecule has 1 fully saturated rings. The molecule has 1 saturated heterocycles. The lowest BCUT2D eigenvalue weighted by atomic mass is 10.1. The predicted octanol–water partition coefficient (Wildman–Crippen LogP) is 2.80. The van der Waals surface area contributed by atoms with E-state index in [-0.39, 0.29) is 31.3 Å². The Bertz CT molecular complexity index is 985. The van der Waals surface area contributed by atoms with Gasteiger partial charge in [-0.25, -0.2) is 0 Å². The molecule has 2 aromatic rings. The molecule has 0 aromatic heterocycles. The van der Waals surface area contributed by atoms with Gasteiger partial charge in [-0.2, -0.15) is 0 Å². The van der Waals surface area contributed by atoms with E-state index < -0.39 is 11.9 Å². The van der Waals surface area contributed by atoms with Crippen LogP contribution < -0.4 is 14.4 Å². The van der Waals surface area contributed by atoms with Gasteiger partial charge in [0.05, 0.1) is 5.92 Å². The van der Waals surface area contributed by atoms with E-state index >= 15 is 0 Å². The third-order valence-electron chi connectivity index (χ3n) is 5.33. The van der Waals surface area contributed by atoms with Crippen LogP contribution in [-0.2, 0) is 20.7 Å². The van der Waals surface area contributed by atoms with Gasteiger partial charge >= 0.3 is 5.97 Å². The third-order valence-corrected chi connectivity index (χ3v) is 5.33. The number of esters is 1. The van der Waals surface area contributed by atoms with E-state index in [0.29, 0.717) is 30.3 Å². The number of aryl methyl sites for hydroxylation is 1. The number of anilines is 1. The molecule has 2 aliphatic rings. The van der Waals surface area contributed by atoms with E-state index in [0.717, 1.165) is 17.7 Å². The molecule has 2 aliphatic heterocycles. The van der Waals surface area contributed by atoms with Crippen LogP contribution in [0.3, 0.4) is 0 Å². The first kappa shape index (κ1) is 19.9. The average Bonchev–Trinajstić information content (AvgIpc) is 3.18. The van der Waals surface area contributed by atoms with Gasteiger partial charge in [-0.3, -0.25) is 14.4 Å². The summed E-state index contributed by atoms with van der Waals surface area (Å²) in [7, 11) is 0. The molecule has 0 unspecified atom stereocenters. The molecule has 7 heteroatoms. The number of ketones is 1. The number of hydrogen-bond donors (Lipinski definition) is 0. The molecule has 1 amide bonds. The fourth-order valence-corrected chi connectivity index (χ4v) is 3.73. The zero-order valence-electron chi connectivity index (χ0n) is 16.8. The van der Waals surface area contributed by atoms with E-state index in [1.165, 1.54) is 0 Å². The van der Waals surface area contributed by atoms with Gasteiger partial charge in [0.15, 0.2) is 23.9 Å². The Morgan fingerprint density at radius 2 is 1.87 bits per heavy atom. The lowest BCUT2D eigenvalue weighted by Gasteiger charge is -2.20. The van der Waals surface area contributed by atoms with E-state index in [2.05, 4.69) is 0 Å². The van der Waals surface area contributed by atoms with E-state index in [4.69, 9.17) is 14.2 Å². The van der Waals surface area contributed by atoms with Crippen LogP contribution in [0.2, 0.25) is 0 Å². The Morgan fingerprint density at radius 3 is 2.67 bits per heavy atom. The number of para-hydroxylation sites is 1. The summed E-state index contributed by atoms with van der Waals surface area (Å²) in [5.74, 6) is -0.480. The number of carbonyl (C=O) groups is 3. The maximum absolute atomic E-state index is 12.5. The lowest BCUT2D eigenvalue weighted by molar-refractivity contribution is -0.147. The zero-order valence-corrected chi connectivity index (χ0v) is 16.8. The molecule has 0 aliphatic carbocycles. The molecule has 0 N–H and O–H groups in total. The second-order valence-electron chi connectivity index (χ2n) is 7.28. The van der Waals surface area contributed by atoms with Gasteiger partial charge in [-0.1, -0.05) is 25.1 Å². The zero-order chi connectivity index (χ0) is 21.1. The molecule has 1 atom stereocenters. The van der Waals surface area contributed by atoms with Gasteiger partial charge in [0.1, 0.15) is 13.2 Å². The highest BCUT2D eigenvalue weighted by Gasteiger charge is 2.37. The topological polar surface area (TPSA) is 82.1 Å². The van der Waals surface area contributed by atoms with Crippen LogP contribution in [0.1, 0.15) is 29.3 Å². The van der Waals surface area contributed by atoms with E-state index in [1.807, 2.05) is 31.2 Å². The molecule has 156 valence electrons. The minimum absolute atomic E-state index is 0.0785. The summed E-state index contributed by atoms with van der Waals surface area (Å²) in [5, 5.41) is 0. The van der Waals surface area contributed by atoms with Gasteiger partial charge in [-0.15, -0.1) is 0 Å². The molecule has 0 spiro atoms. The smallest absolute Gasteiger partial charge is 0.311 e. The van der Waals surface area contributed by atoms with Crippen molar-refractivity contribution < 1.29 is 28.6 Å². The molecule has 0 bridgehead atoms. The molecule has 0 saturated carbocycles. The molecule has 30 heavy (non-hydrogen) atoms. The highest BCUT2D eigenvalue weighted by Crippen LogP contribution is 2.31. The van der Waals surface area contributed by atoms with Crippen LogP contribution in [-0.4, -0.2) is 44.0 Å². The Labute approximate surface area is 174 Å². The molecule has 2 heterocycles. The van der Waals surface area contributed by atoms with Gasteiger partial charge in [0, 0.05) is 24.2 Å². The van der Waals surface area contributed by atoms with Gasteiger partial charge < -0.3 is 19.1 Å². The molecule has 0 radical (unpaired) electrons. The number of rotatable bonds is 6. The first-order chi connectivity index (χ1) is 14.6. The summed E-state index contributed by atoms with van der Waals surface area (Å²) in [4.78, 5) is 39.0. The van der Waals surface area contributed by atoms with Crippen LogP contribution in [0.15, 0.2) is 42.5 Å². The second kappa shape index (κ2) is 8.57. The number of amides is 1. The standard InChI is InChI=1S/C23H23NO6/c1-2-15-5-3-4-6-18(15)24-13-17(12-22(24)26)23(27)30-14-19(25)16-7-8-20-21(11-16)29-10-9-28-20/h3-8,11,17H,2,9-10,12-14H2,1H3/t17-/m0/s1. The maximum Gasteiger partial charge on any atom is 0.311 e. The predicted molar refractivity (Wildman–Crippen MR) is 109 cm³/mol.